The zero-order chi connectivity index (χ0) is 4.99. The van der Waals surface area contributed by atoms with Gasteiger partial charge in [-0.1, -0.05) is 30.4 Å². The van der Waals surface area contributed by atoms with Crippen LogP contribution in [-0.4, -0.2) is 0 Å². The molecule has 0 heterocycles. The first-order valence-corrected chi connectivity index (χ1v) is 9.90. The van der Waals surface area contributed by atoms with E-state index in [0.29, 0.717) is 0 Å². The molecule has 6 heavy (non-hydrogen) atoms. The minimum absolute atomic E-state index is 0.637. The smallest absolute Gasteiger partial charge is 0.110 e. The predicted molar refractivity (Wildman–Crippen MR) is 45.0 cm³/mol. The molecule has 0 spiro atoms. The molecule has 38 valence electrons. The molecule has 0 aromatic carbocycles. The molecule has 0 aliphatic heterocycles. The first-order valence-electron chi connectivity index (χ1n) is 1.10. The summed E-state index contributed by atoms with van der Waals surface area (Å²) in [6.07, 6.45) is -0.637. The maximum atomic E-state index is 5.41. The molecular weight excluding hydrogens is 195 g/mol. The van der Waals surface area contributed by atoms with E-state index in [2.05, 4.69) is 8.93 Å². The Labute approximate surface area is 53.9 Å². The fourth-order valence-corrected chi connectivity index (χ4v) is 11.9. The van der Waals surface area contributed by atoms with Gasteiger partial charge in [-0.2, -0.15) is 0 Å². The van der Waals surface area contributed by atoms with Gasteiger partial charge >= 0.3 is 0 Å². The zero-order valence-corrected chi connectivity index (χ0v) is 8.34. The molecule has 0 radical (unpaired) electrons. The molecule has 0 aliphatic carbocycles. The van der Waals surface area contributed by atoms with E-state index in [1.54, 1.807) is 0 Å². The van der Waals surface area contributed by atoms with Crippen LogP contribution in [0.2, 0.25) is 0 Å². The molecule has 0 rings (SSSR count). The van der Waals surface area contributed by atoms with Crippen molar-refractivity contribution < 1.29 is 0 Å². The highest BCUT2D eigenvalue weighted by molar-refractivity contribution is 8.69. The summed E-state index contributed by atoms with van der Waals surface area (Å²) < 4.78 is 0. The Morgan fingerprint density at radius 3 is 2.00 bits per heavy atom. The second-order valence-corrected chi connectivity index (χ2v) is 13.2. The predicted octanol–water partition coefficient (Wildman–Crippen LogP) is 3.75. The lowest BCUT2D eigenvalue weighted by Gasteiger charge is -1.90. The number of hydrogen-bond acceptors (Lipinski definition) is 0. The summed E-state index contributed by atoms with van der Waals surface area (Å²) in [7, 11) is 4.22. The topological polar surface area (TPSA) is 0 Å². The molecule has 0 aromatic rings. The van der Waals surface area contributed by atoms with Gasteiger partial charge in [0.05, 0.1) is 0 Å². The second kappa shape index (κ2) is 5.44. The minimum atomic E-state index is -0.637. The van der Waals surface area contributed by atoms with Crippen LogP contribution in [0.5, 0.6) is 0 Å². The van der Waals surface area contributed by atoms with Gasteiger partial charge in [-0.3, -0.25) is 0 Å². The van der Waals surface area contributed by atoms with E-state index in [-0.39, 0.29) is 0 Å². The van der Waals surface area contributed by atoms with E-state index < -0.39 is 6.32 Å². The SMILES string of the molecule is PPPP(Cl)Cl. The van der Waals surface area contributed by atoms with Gasteiger partial charge in [-0.25, -0.2) is 0 Å². The summed E-state index contributed by atoms with van der Waals surface area (Å²) in [6, 6.07) is 0. The van der Waals surface area contributed by atoms with E-state index in [9.17, 15) is 0 Å². The Hall–Kier alpha value is 2.30. The van der Waals surface area contributed by atoms with Crippen molar-refractivity contribution in [3.63, 3.8) is 0 Å². The summed E-state index contributed by atoms with van der Waals surface area (Å²) in [6.45, 7) is 0. The van der Waals surface area contributed by atoms with Crippen LogP contribution in [0.4, 0.5) is 0 Å². The minimum Gasteiger partial charge on any atom is -0.110 e. The van der Waals surface area contributed by atoms with Crippen molar-refractivity contribution in [3.05, 3.63) is 0 Å². The molecule has 0 nitrogen and oxygen atoms in total. The summed E-state index contributed by atoms with van der Waals surface area (Å²) >= 11 is 10.8. The molecule has 0 saturated carbocycles. The van der Waals surface area contributed by atoms with Crippen LogP contribution in [0, 0.1) is 0 Å². The van der Waals surface area contributed by atoms with Crippen molar-refractivity contribution in [3.8, 4) is 0 Å². The lowest BCUT2D eigenvalue weighted by Crippen LogP contribution is -1.08. The quantitative estimate of drug-likeness (QED) is 0.593. The lowest BCUT2D eigenvalue weighted by molar-refractivity contribution is 4.66. The number of hydrogen-bond donors (Lipinski definition) is 0. The molecule has 6 heteroatoms. The van der Waals surface area contributed by atoms with Gasteiger partial charge in [-0.15, -0.1) is 8.93 Å². The average Bonchev–Trinajstić information content (AvgIpc) is 1.35. The van der Waals surface area contributed by atoms with Gasteiger partial charge in [0, 0.05) is 0 Å². The summed E-state index contributed by atoms with van der Waals surface area (Å²) in [4.78, 5) is 0. The van der Waals surface area contributed by atoms with Crippen LogP contribution in [0.25, 0.3) is 0 Å². The van der Waals surface area contributed by atoms with Gasteiger partial charge < -0.3 is 0 Å². The lowest BCUT2D eigenvalue weighted by atomic mass is 29.3. The molecule has 0 aromatic heterocycles. The number of rotatable bonds is 2. The highest BCUT2D eigenvalue weighted by atomic mass is 35.9. The maximum absolute atomic E-state index is 5.41. The highest BCUT2D eigenvalue weighted by Crippen LogP contribution is 2.73. The van der Waals surface area contributed by atoms with E-state index in [1.165, 1.54) is 0 Å². The van der Waals surface area contributed by atoms with Gasteiger partial charge in [0.25, 0.3) is 0 Å². The van der Waals surface area contributed by atoms with Gasteiger partial charge in [0.2, 0.25) is 0 Å². The van der Waals surface area contributed by atoms with Crippen molar-refractivity contribution >= 4 is 53.6 Å². The monoisotopic (exact) mass is 198 g/mol. The third kappa shape index (κ3) is 6.30. The highest BCUT2D eigenvalue weighted by Gasteiger charge is 1.91. The van der Waals surface area contributed by atoms with E-state index in [0.717, 1.165) is 15.9 Å². The fourth-order valence-electron chi connectivity index (χ4n) is 0.0488. The van der Waals surface area contributed by atoms with Crippen molar-refractivity contribution in [2.45, 2.75) is 0 Å². The summed E-state index contributed by atoms with van der Waals surface area (Å²) in [5, 5.41) is 0. The fraction of sp³-hybridized carbons (Fsp3) is 0. The van der Waals surface area contributed by atoms with Gasteiger partial charge in [0.15, 0.2) is 0 Å². The molecule has 0 N–H and O–H groups in total. The van der Waals surface area contributed by atoms with Crippen molar-refractivity contribution in [2.75, 3.05) is 0 Å². The summed E-state index contributed by atoms with van der Waals surface area (Å²) in [5.74, 6) is 0. The molecule has 0 amide bonds. The Bertz CT molecular complexity index is 26.7. The largest absolute Gasteiger partial charge is 0.110 e. The Morgan fingerprint density at radius 1 is 1.50 bits per heavy atom. The van der Waals surface area contributed by atoms with Crippen molar-refractivity contribution in [2.24, 2.45) is 0 Å². The van der Waals surface area contributed by atoms with Crippen LogP contribution in [-0.2, 0) is 0 Å². The van der Waals surface area contributed by atoms with Gasteiger partial charge in [0.1, 0.15) is 6.32 Å². The first-order chi connectivity index (χ1) is 2.77. The standard InChI is InChI=1S/Cl2H4P4/c1-6(2)5-4-3/h4-5H,3H2. The Balaban J connectivity index is 2.63. The third-order valence-corrected chi connectivity index (χ3v) is 12.1. The molecule has 0 aliphatic rings. The van der Waals surface area contributed by atoms with Crippen LogP contribution in [0.1, 0.15) is 0 Å². The molecular formula is H4Cl2P4. The van der Waals surface area contributed by atoms with E-state index in [4.69, 9.17) is 22.5 Å². The molecule has 0 saturated heterocycles. The van der Waals surface area contributed by atoms with Gasteiger partial charge in [-0.05, 0) is 7.96 Å². The summed E-state index contributed by atoms with van der Waals surface area (Å²) in [5.41, 5.74) is 0. The Kier molecular flexibility index (Phi) is 7.52. The van der Waals surface area contributed by atoms with E-state index >= 15 is 0 Å². The van der Waals surface area contributed by atoms with Crippen LogP contribution in [0.15, 0.2) is 0 Å². The maximum Gasteiger partial charge on any atom is 0.110 e. The zero-order valence-electron chi connectivity index (χ0n) is 2.78. The molecule has 3 atom stereocenters. The normalized spacial score (nSPS) is 14.0. The Morgan fingerprint density at radius 2 is 2.00 bits per heavy atom. The van der Waals surface area contributed by atoms with Crippen molar-refractivity contribution in [1.29, 1.82) is 0 Å². The first kappa shape index (κ1) is 8.30. The average molecular weight is 199 g/mol. The van der Waals surface area contributed by atoms with Crippen LogP contribution < -0.4 is 0 Å². The molecule has 3 unspecified atom stereocenters. The molecule has 0 bridgehead atoms. The molecule has 0 fully saturated rings. The number of halogens is 2. The van der Waals surface area contributed by atoms with E-state index in [1.807, 2.05) is 0 Å². The van der Waals surface area contributed by atoms with Crippen LogP contribution >= 0.6 is 53.6 Å². The third-order valence-electron chi connectivity index (χ3n) is 0.149. The second-order valence-electron chi connectivity index (χ2n) is 0.489. The van der Waals surface area contributed by atoms with Crippen LogP contribution in [0.3, 0.4) is 0 Å². The van der Waals surface area contributed by atoms with Crippen molar-refractivity contribution in [1.82, 2.24) is 0 Å².